The Labute approximate surface area is 148 Å². The number of ether oxygens (including phenoxy) is 1. The summed E-state index contributed by atoms with van der Waals surface area (Å²) in [5, 5.41) is 0. The molecule has 2 aliphatic rings. The Bertz CT molecular complexity index is 752. The fraction of sp³-hybridized carbons (Fsp3) is 0.556. The van der Waals surface area contributed by atoms with E-state index in [4.69, 9.17) is 4.74 Å². The number of aliphatic imine (C=N–C) groups is 1. The van der Waals surface area contributed by atoms with E-state index >= 15 is 0 Å². The van der Waals surface area contributed by atoms with Gasteiger partial charge in [0, 0.05) is 18.5 Å². The van der Waals surface area contributed by atoms with Crippen molar-refractivity contribution in [3.05, 3.63) is 29.8 Å². The van der Waals surface area contributed by atoms with Crippen LogP contribution in [0.3, 0.4) is 0 Å². The molecule has 0 radical (unpaired) electrons. The molecule has 0 saturated heterocycles. The maximum absolute atomic E-state index is 12.0. The van der Waals surface area contributed by atoms with Crippen LogP contribution in [0.5, 0.6) is 0 Å². The van der Waals surface area contributed by atoms with E-state index in [9.17, 15) is 13.2 Å². The second kappa shape index (κ2) is 7.99. The molecule has 1 N–H and O–H groups in total. The van der Waals surface area contributed by atoms with Gasteiger partial charge in [-0.25, -0.2) is 8.42 Å². The number of hydrogen-bond acceptors (Lipinski definition) is 5. The monoisotopic (exact) mass is 364 g/mol. The van der Waals surface area contributed by atoms with Crippen LogP contribution < -0.4 is 4.72 Å². The van der Waals surface area contributed by atoms with Crippen LogP contribution in [-0.4, -0.2) is 33.4 Å². The van der Waals surface area contributed by atoms with Gasteiger partial charge >= 0.3 is 5.97 Å². The third-order valence-corrected chi connectivity index (χ3v) is 6.07. The van der Waals surface area contributed by atoms with Crippen LogP contribution in [0.1, 0.15) is 50.5 Å². The average molecular weight is 364 g/mol. The van der Waals surface area contributed by atoms with Gasteiger partial charge in [0.15, 0.2) is 0 Å². The van der Waals surface area contributed by atoms with Gasteiger partial charge < -0.3 is 4.74 Å². The zero-order valence-corrected chi connectivity index (χ0v) is 15.1. The minimum absolute atomic E-state index is 0.196. The van der Waals surface area contributed by atoms with Gasteiger partial charge in [0.2, 0.25) is 0 Å². The van der Waals surface area contributed by atoms with Crippen LogP contribution in [0.15, 0.2) is 34.2 Å². The van der Waals surface area contributed by atoms with Gasteiger partial charge in [-0.2, -0.15) is 0 Å². The number of carbonyl (C=O) groups is 1. The van der Waals surface area contributed by atoms with E-state index in [1.807, 2.05) is 0 Å². The summed E-state index contributed by atoms with van der Waals surface area (Å²) in [4.78, 5) is 16.4. The van der Waals surface area contributed by atoms with Gasteiger partial charge in [-0.3, -0.25) is 14.5 Å². The fourth-order valence-corrected chi connectivity index (χ4v) is 4.55. The van der Waals surface area contributed by atoms with Gasteiger partial charge in [-0.05, 0) is 37.3 Å². The Morgan fingerprint density at radius 2 is 1.96 bits per heavy atom. The van der Waals surface area contributed by atoms with Crippen molar-refractivity contribution < 1.29 is 17.9 Å². The lowest BCUT2D eigenvalue weighted by Gasteiger charge is -2.20. The molecule has 1 aliphatic heterocycles. The SMILES string of the molecule is O=C(CCCN=C1NS(=O)(=O)c2ccccc21)OCC1CCCCC1. The van der Waals surface area contributed by atoms with Crippen LogP contribution in [0.4, 0.5) is 0 Å². The molecule has 0 bridgehead atoms. The number of amidine groups is 1. The van der Waals surface area contributed by atoms with Crippen molar-refractivity contribution in [2.75, 3.05) is 13.2 Å². The molecule has 0 amide bonds. The lowest BCUT2D eigenvalue weighted by atomic mass is 9.90. The first-order valence-corrected chi connectivity index (χ1v) is 10.4. The number of esters is 1. The largest absolute Gasteiger partial charge is 0.465 e. The van der Waals surface area contributed by atoms with Gasteiger partial charge in [0.05, 0.1) is 11.5 Å². The summed E-state index contributed by atoms with van der Waals surface area (Å²) >= 11 is 0. The minimum Gasteiger partial charge on any atom is -0.465 e. The smallest absolute Gasteiger partial charge is 0.305 e. The summed E-state index contributed by atoms with van der Waals surface area (Å²) in [7, 11) is -3.50. The molecule has 7 heteroatoms. The van der Waals surface area contributed by atoms with E-state index in [0.29, 0.717) is 43.3 Å². The molecule has 1 fully saturated rings. The third-order valence-electron chi connectivity index (χ3n) is 4.68. The topological polar surface area (TPSA) is 84.8 Å². The molecule has 6 nitrogen and oxygen atoms in total. The van der Waals surface area contributed by atoms with E-state index in [0.717, 1.165) is 12.8 Å². The number of fused-ring (bicyclic) bond motifs is 1. The van der Waals surface area contributed by atoms with Crippen LogP contribution in [-0.2, 0) is 19.6 Å². The van der Waals surface area contributed by atoms with Crippen LogP contribution in [0.25, 0.3) is 0 Å². The average Bonchev–Trinajstić information content (AvgIpc) is 2.89. The summed E-state index contributed by atoms with van der Waals surface area (Å²) in [6.07, 6.45) is 6.90. The molecule has 0 aromatic heterocycles. The second-order valence-electron chi connectivity index (χ2n) is 6.62. The molecule has 136 valence electrons. The fourth-order valence-electron chi connectivity index (χ4n) is 3.30. The molecule has 0 atom stereocenters. The standard InChI is InChI=1S/C18H24N2O4S/c21-17(24-13-14-7-2-1-3-8-14)11-6-12-19-18-15-9-4-5-10-16(15)25(22,23)20-18/h4-5,9-10,14H,1-3,6-8,11-13H2,(H,19,20). The second-order valence-corrected chi connectivity index (χ2v) is 8.27. The highest BCUT2D eigenvalue weighted by molar-refractivity contribution is 7.90. The highest BCUT2D eigenvalue weighted by atomic mass is 32.2. The number of nitrogens with one attached hydrogen (secondary N) is 1. The molecule has 0 unspecified atom stereocenters. The van der Waals surface area contributed by atoms with Crippen molar-refractivity contribution in [1.82, 2.24) is 4.72 Å². The van der Waals surface area contributed by atoms with E-state index in [2.05, 4.69) is 9.71 Å². The molecule has 1 aliphatic carbocycles. The number of hydrogen-bond donors (Lipinski definition) is 1. The number of nitrogens with zero attached hydrogens (tertiary/aromatic N) is 1. The van der Waals surface area contributed by atoms with Gasteiger partial charge in [-0.1, -0.05) is 31.4 Å². The summed E-state index contributed by atoms with van der Waals surface area (Å²) in [6.45, 7) is 0.908. The van der Waals surface area contributed by atoms with Crippen molar-refractivity contribution in [1.29, 1.82) is 0 Å². The lowest BCUT2D eigenvalue weighted by molar-refractivity contribution is -0.145. The van der Waals surface area contributed by atoms with Gasteiger partial charge in [-0.15, -0.1) is 0 Å². The van der Waals surface area contributed by atoms with Crippen molar-refractivity contribution in [2.45, 2.75) is 49.8 Å². The van der Waals surface area contributed by atoms with E-state index in [1.54, 1.807) is 24.3 Å². The molecule has 1 aromatic rings. The van der Waals surface area contributed by atoms with E-state index in [-0.39, 0.29) is 10.9 Å². The number of benzene rings is 1. The predicted octanol–water partition coefficient (Wildman–Crippen LogP) is 2.63. The van der Waals surface area contributed by atoms with Crippen molar-refractivity contribution >= 4 is 21.8 Å². The van der Waals surface area contributed by atoms with E-state index in [1.165, 1.54) is 19.3 Å². The summed E-state index contributed by atoms with van der Waals surface area (Å²) in [5.41, 5.74) is 0.586. The molecular formula is C18H24N2O4S. The first-order valence-electron chi connectivity index (χ1n) is 8.88. The number of rotatable bonds is 6. The van der Waals surface area contributed by atoms with Crippen LogP contribution in [0.2, 0.25) is 0 Å². The van der Waals surface area contributed by atoms with Crippen molar-refractivity contribution in [3.63, 3.8) is 0 Å². The molecular weight excluding hydrogens is 340 g/mol. The first kappa shape index (κ1) is 17.9. The van der Waals surface area contributed by atoms with E-state index < -0.39 is 10.0 Å². The summed E-state index contributed by atoms with van der Waals surface area (Å²) in [6, 6.07) is 6.75. The van der Waals surface area contributed by atoms with Crippen LogP contribution in [0, 0.1) is 5.92 Å². The molecule has 1 saturated carbocycles. The Morgan fingerprint density at radius 1 is 1.20 bits per heavy atom. The number of sulfonamides is 1. The maximum atomic E-state index is 12.0. The summed E-state index contributed by atoms with van der Waals surface area (Å²) in [5.74, 6) is 0.673. The Kier molecular flexibility index (Phi) is 5.73. The first-order chi connectivity index (χ1) is 12.1. The quantitative estimate of drug-likeness (QED) is 0.621. The molecule has 0 spiro atoms. The molecule has 1 heterocycles. The molecule has 3 rings (SSSR count). The normalized spacial score (nSPS) is 20.9. The van der Waals surface area contributed by atoms with Gasteiger partial charge in [0.25, 0.3) is 10.0 Å². The Balaban J connectivity index is 1.44. The highest BCUT2D eigenvalue weighted by Gasteiger charge is 2.29. The van der Waals surface area contributed by atoms with Crippen LogP contribution >= 0.6 is 0 Å². The predicted molar refractivity (Wildman–Crippen MR) is 94.9 cm³/mol. The molecule has 1 aromatic carbocycles. The highest BCUT2D eigenvalue weighted by Crippen LogP contribution is 2.24. The zero-order chi connectivity index (χ0) is 17.7. The molecule has 25 heavy (non-hydrogen) atoms. The number of carbonyl (C=O) groups excluding carboxylic acids is 1. The lowest BCUT2D eigenvalue weighted by Crippen LogP contribution is -2.22. The van der Waals surface area contributed by atoms with Gasteiger partial charge in [0.1, 0.15) is 5.84 Å². The Hall–Kier alpha value is -1.89. The Morgan fingerprint density at radius 3 is 2.76 bits per heavy atom. The minimum atomic E-state index is -3.50. The third kappa shape index (κ3) is 4.60. The van der Waals surface area contributed by atoms with Crippen molar-refractivity contribution in [2.24, 2.45) is 10.9 Å². The zero-order valence-electron chi connectivity index (χ0n) is 14.2. The van der Waals surface area contributed by atoms with Crippen molar-refractivity contribution in [3.8, 4) is 0 Å². The maximum Gasteiger partial charge on any atom is 0.305 e. The summed E-state index contributed by atoms with van der Waals surface area (Å²) < 4.78 is 31.7.